The summed E-state index contributed by atoms with van der Waals surface area (Å²) in [5, 5.41) is 14.2. The third-order valence-corrected chi connectivity index (χ3v) is 3.24. The Morgan fingerprint density at radius 2 is 1.81 bits per heavy atom. The molecular weight excluding hydrogens is 268 g/mol. The molecule has 0 aliphatic rings. The molecule has 0 radical (unpaired) electrons. The zero-order valence-corrected chi connectivity index (χ0v) is 13.1. The van der Waals surface area contributed by atoms with E-state index in [1.165, 1.54) is 0 Å². The lowest BCUT2D eigenvalue weighted by molar-refractivity contribution is -0.136. The van der Waals surface area contributed by atoms with Gasteiger partial charge in [-0.2, -0.15) is 0 Å². The highest BCUT2D eigenvalue weighted by molar-refractivity contribution is 6.39. The van der Waals surface area contributed by atoms with E-state index in [1.807, 2.05) is 45.9 Å². The van der Waals surface area contributed by atoms with Gasteiger partial charge in [-0.1, -0.05) is 45.9 Å². The van der Waals surface area contributed by atoms with Gasteiger partial charge in [-0.15, -0.1) is 0 Å². The summed E-state index contributed by atoms with van der Waals surface area (Å²) in [5.74, 6) is -1.46. The monoisotopic (exact) mass is 292 g/mol. The lowest BCUT2D eigenvalue weighted by Crippen LogP contribution is -2.43. The Morgan fingerprint density at radius 3 is 2.33 bits per heavy atom. The van der Waals surface area contributed by atoms with Gasteiger partial charge < -0.3 is 15.7 Å². The molecule has 2 amide bonds. The number of anilines is 1. The predicted molar refractivity (Wildman–Crippen MR) is 83.1 cm³/mol. The molecule has 1 aromatic rings. The number of hydrogen-bond acceptors (Lipinski definition) is 3. The molecule has 3 N–H and O–H groups in total. The van der Waals surface area contributed by atoms with Gasteiger partial charge in [0.1, 0.15) is 0 Å². The third-order valence-electron chi connectivity index (χ3n) is 3.24. The molecular formula is C16H24N2O3. The summed E-state index contributed by atoms with van der Waals surface area (Å²) in [6.07, 6.45) is 0.564. The van der Waals surface area contributed by atoms with Gasteiger partial charge in [0.25, 0.3) is 0 Å². The minimum absolute atomic E-state index is 0.141. The van der Waals surface area contributed by atoms with E-state index in [9.17, 15) is 9.59 Å². The first-order valence-electron chi connectivity index (χ1n) is 7.11. The Bertz CT molecular complexity index is 502. The molecule has 1 aromatic carbocycles. The van der Waals surface area contributed by atoms with Crippen molar-refractivity contribution >= 4 is 17.5 Å². The van der Waals surface area contributed by atoms with Gasteiger partial charge in [0.15, 0.2) is 0 Å². The summed E-state index contributed by atoms with van der Waals surface area (Å²) in [6.45, 7) is 7.76. The Hall–Kier alpha value is -1.88. The van der Waals surface area contributed by atoms with E-state index in [4.69, 9.17) is 5.11 Å². The topological polar surface area (TPSA) is 78.4 Å². The van der Waals surface area contributed by atoms with Crippen molar-refractivity contribution < 1.29 is 14.7 Å². The molecule has 5 nitrogen and oxygen atoms in total. The van der Waals surface area contributed by atoms with Gasteiger partial charge in [-0.25, -0.2) is 0 Å². The van der Waals surface area contributed by atoms with Crippen molar-refractivity contribution in [2.75, 3.05) is 11.9 Å². The largest absolute Gasteiger partial charge is 0.394 e. The van der Waals surface area contributed by atoms with Crippen LogP contribution < -0.4 is 10.6 Å². The van der Waals surface area contributed by atoms with Crippen LogP contribution in [0.5, 0.6) is 0 Å². The molecule has 21 heavy (non-hydrogen) atoms. The molecule has 0 spiro atoms. The van der Waals surface area contributed by atoms with Gasteiger partial charge in [0.05, 0.1) is 12.6 Å². The lowest BCUT2D eigenvalue weighted by atomic mass is 9.86. The second-order valence-electron chi connectivity index (χ2n) is 6.01. The van der Waals surface area contributed by atoms with Gasteiger partial charge >= 0.3 is 11.8 Å². The number of aliphatic hydroxyl groups excluding tert-OH is 1. The number of rotatable bonds is 4. The Balaban J connectivity index is 2.82. The molecule has 0 aromatic heterocycles. The van der Waals surface area contributed by atoms with E-state index < -0.39 is 17.9 Å². The number of hydrogen-bond donors (Lipinski definition) is 3. The Morgan fingerprint density at radius 1 is 1.19 bits per heavy atom. The van der Waals surface area contributed by atoms with E-state index in [2.05, 4.69) is 10.6 Å². The first-order chi connectivity index (χ1) is 9.79. The highest BCUT2D eigenvalue weighted by Crippen LogP contribution is 2.29. The molecule has 5 heteroatoms. The van der Waals surface area contributed by atoms with E-state index >= 15 is 0 Å². The number of para-hydroxylation sites is 1. The maximum absolute atomic E-state index is 12.0. The van der Waals surface area contributed by atoms with Crippen LogP contribution in [0.25, 0.3) is 0 Å². The first kappa shape index (κ1) is 17.2. The van der Waals surface area contributed by atoms with Crippen LogP contribution in [0.1, 0.15) is 39.7 Å². The molecule has 0 bridgehead atoms. The Labute approximate surface area is 125 Å². The molecule has 1 rings (SSSR count). The van der Waals surface area contributed by atoms with Crippen molar-refractivity contribution in [1.82, 2.24) is 5.32 Å². The zero-order chi connectivity index (χ0) is 16.0. The number of aliphatic hydroxyl groups is 1. The van der Waals surface area contributed by atoms with Crippen LogP contribution in [0, 0.1) is 0 Å². The molecule has 0 heterocycles. The average Bonchev–Trinajstić information content (AvgIpc) is 2.43. The fourth-order valence-corrected chi connectivity index (χ4v) is 1.95. The number of amides is 2. The van der Waals surface area contributed by atoms with Crippen LogP contribution in [0.3, 0.4) is 0 Å². The molecule has 0 aliphatic carbocycles. The summed E-state index contributed by atoms with van der Waals surface area (Å²) in [4.78, 5) is 23.8. The molecule has 1 atom stereocenters. The van der Waals surface area contributed by atoms with Crippen LogP contribution in [-0.2, 0) is 15.0 Å². The molecule has 0 unspecified atom stereocenters. The number of carbonyl (C=O) groups excluding carboxylic acids is 2. The fraction of sp³-hybridized carbons (Fsp3) is 0.500. The standard InChI is InChI=1S/C16H24N2O3/c1-5-11(10-19)17-14(20)15(21)18-13-9-7-6-8-12(13)16(2,3)4/h6-9,11,19H,5,10H2,1-4H3,(H,17,20)(H,18,21)/t11-/m1/s1. The van der Waals surface area contributed by atoms with Gasteiger partial charge in [-0.3, -0.25) is 9.59 Å². The van der Waals surface area contributed by atoms with Crippen molar-refractivity contribution in [3.63, 3.8) is 0 Å². The average molecular weight is 292 g/mol. The van der Waals surface area contributed by atoms with Crippen LogP contribution in [0.4, 0.5) is 5.69 Å². The summed E-state index contributed by atoms with van der Waals surface area (Å²) >= 11 is 0. The van der Waals surface area contributed by atoms with Gasteiger partial charge in [-0.05, 0) is 23.5 Å². The zero-order valence-electron chi connectivity index (χ0n) is 13.1. The maximum atomic E-state index is 12.0. The maximum Gasteiger partial charge on any atom is 0.313 e. The minimum atomic E-state index is -0.736. The van der Waals surface area contributed by atoms with Crippen molar-refractivity contribution in [1.29, 1.82) is 0 Å². The lowest BCUT2D eigenvalue weighted by Gasteiger charge is -2.23. The third kappa shape index (κ3) is 4.86. The predicted octanol–water partition coefficient (Wildman–Crippen LogP) is 1.81. The smallest absolute Gasteiger partial charge is 0.313 e. The van der Waals surface area contributed by atoms with Crippen LogP contribution in [0.15, 0.2) is 24.3 Å². The molecule has 0 fully saturated rings. The number of benzene rings is 1. The van der Waals surface area contributed by atoms with E-state index in [0.29, 0.717) is 12.1 Å². The van der Waals surface area contributed by atoms with Crippen molar-refractivity contribution in [2.24, 2.45) is 0 Å². The normalized spacial score (nSPS) is 12.6. The molecule has 0 saturated heterocycles. The quantitative estimate of drug-likeness (QED) is 0.741. The van der Waals surface area contributed by atoms with Crippen molar-refractivity contribution in [2.45, 2.75) is 45.6 Å². The SMILES string of the molecule is CC[C@H](CO)NC(=O)C(=O)Nc1ccccc1C(C)(C)C. The minimum Gasteiger partial charge on any atom is -0.394 e. The van der Waals surface area contributed by atoms with Gasteiger partial charge in [0.2, 0.25) is 0 Å². The summed E-state index contributed by atoms with van der Waals surface area (Å²) in [7, 11) is 0. The molecule has 0 aliphatic heterocycles. The van der Waals surface area contributed by atoms with Crippen molar-refractivity contribution in [3.8, 4) is 0 Å². The highest BCUT2D eigenvalue weighted by Gasteiger charge is 2.22. The first-order valence-corrected chi connectivity index (χ1v) is 7.11. The van der Waals surface area contributed by atoms with E-state index in [-0.39, 0.29) is 12.0 Å². The number of nitrogens with one attached hydrogen (secondary N) is 2. The van der Waals surface area contributed by atoms with Crippen LogP contribution in [0.2, 0.25) is 0 Å². The Kier molecular flexibility index (Phi) is 5.90. The van der Waals surface area contributed by atoms with Gasteiger partial charge in [0, 0.05) is 5.69 Å². The second-order valence-corrected chi connectivity index (χ2v) is 6.01. The summed E-state index contributed by atoms with van der Waals surface area (Å²) in [6, 6.07) is 7.01. The van der Waals surface area contributed by atoms with Crippen LogP contribution >= 0.6 is 0 Å². The molecule has 116 valence electrons. The summed E-state index contributed by atoms with van der Waals surface area (Å²) < 4.78 is 0. The highest BCUT2D eigenvalue weighted by atomic mass is 16.3. The van der Waals surface area contributed by atoms with E-state index in [0.717, 1.165) is 5.56 Å². The number of carbonyl (C=O) groups is 2. The second kappa shape index (κ2) is 7.22. The fourth-order valence-electron chi connectivity index (χ4n) is 1.95. The summed E-state index contributed by atoms with van der Waals surface area (Å²) in [5.41, 5.74) is 1.44. The molecule has 0 saturated carbocycles. The van der Waals surface area contributed by atoms with Crippen molar-refractivity contribution in [3.05, 3.63) is 29.8 Å². The van der Waals surface area contributed by atoms with Crippen LogP contribution in [-0.4, -0.2) is 29.6 Å². The van der Waals surface area contributed by atoms with E-state index in [1.54, 1.807) is 6.07 Å².